The molecule has 0 fully saturated rings. The number of benzene rings is 2. The number of ether oxygens (including phenoxy) is 2. The minimum atomic E-state index is -3.93. The van der Waals surface area contributed by atoms with Gasteiger partial charge in [0.05, 0.1) is 19.0 Å². The number of hydrogen-bond acceptors (Lipinski definition) is 4. The van der Waals surface area contributed by atoms with Gasteiger partial charge in [-0.25, -0.2) is 0 Å². The maximum Gasteiger partial charge on any atom is 0.264 e. The Hall–Kier alpha value is -2.05. The van der Waals surface area contributed by atoms with Crippen molar-refractivity contribution in [3.05, 3.63) is 48.5 Å². The van der Waals surface area contributed by atoms with Crippen molar-refractivity contribution in [2.75, 3.05) is 19.0 Å². The van der Waals surface area contributed by atoms with Crippen molar-refractivity contribution in [3.63, 3.8) is 0 Å². The molecule has 2 aromatic rings. The van der Waals surface area contributed by atoms with Gasteiger partial charge < -0.3 is 9.47 Å². The van der Waals surface area contributed by atoms with E-state index in [1.807, 2.05) is 36.4 Å². The first-order valence-electron chi connectivity index (χ1n) is 12.4. The summed E-state index contributed by atoms with van der Waals surface area (Å²) in [4.78, 5) is 0. The van der Waals surface area contributed by atoms with Crippen molar-refractivity contribution >= 4 is 10.1 Å². The molecule has 0 saturated heterocycles. The van der Waals surface area contributed by atoms with Gasteiger partial charge in [0.2, 0.25) is 0 Å². The lowest BCUT2D eigenvalue weighted by Crippen LogP contribution is -2.08. The Kier molecular flexibility index (Phi) is 13.0. The minimum absolute atomic E-state index is 0.240. The summed E-state index contributed by atoms with van der Waals surface area (Å²) in [5.74, 6) is 1.28. The average Bonchev–Trinajstić information content (AvgIpc) is 2.80. The Balaban J connectivity index is 1.60. The van der Waals surface area contributed by atoms with Crippen molar-refractivity contribution in [2.45, 2.75) is 77.6 Å². The first kappa shape index (κ1) is 27.2. The summed E-state index contributed by atoms with van der Waals surface area (Å²) >= 11 is 0. The fourth-order valence-electron chi connectivity index (χ4n) is 3.70. The van der Waals surface area contributed by atoms with E-state index in [1.54, 1.807) is 0 Å². The fraction of sp³-hybridized carbons (Fsp3) is 0.556. The molecule has 1 N–H and O–H groups in total. The van der Waals surface area contributed by atoms with E-state index in [2.05, 4.69) is 19.1 Å². The lowest BCUT2D eigenvalue weighted by molar-refractivity contribution is 0.304. The third kappa shape index (κ3) is 12.7. The van der Waals surface area contributed by atoms with E-state index in [1.165, 1.54) is 57.8 Å². The van der Waals surface area contributed by atoms with Gasteiger partial charge in [-0.2, -0.15) is 8.42 Å². The molecule has 5 nitrogen and oxygen atoms in total. The normalized spacial score (nSPS) is 11.5. The molecule has 33 heavy (non-hydrogen) atoms. The molecule has 0 aromatic heterocycles. The Morgan fingerprint density at radius 3 is 1.42 bits per heavy atom. The zero-order valence-electron chi connectivity index (χ0n) is 20.0. The van der Waals surface area contributed by atoms with Crippen LogP contribution in [0.1, 0.15) is 77.6 Å². The van der Waals surface area contributed by atoms with E-state index in [0.29, 0.717) is 5.75 Å². The lowest BCUT2D eigenvalue weighted by atomic mass is 10.1. The van der Waals surface area contributed by atoms with Crippen LogP contribution in [0, 0.1) is 0 Å². The zero-order chi connectivity index (χ0) is 23.8. The standard InChI is InChI=1S/C27H40O5S/c1-2-3-4-5-6-7-8-9-10-11-21-31-26-17-13-24(14-18-26)25-15-19-27(20-16-25)32-22-12-23-33(28,29)30/h13-20H,2-12,21-23H2,1H3,(H,28,29,30). The van der Waals surface area contributed by atoms with Gasteiger partial charge in [0.1, 0.15) is 11.5 Å². The molecule has 0 aliphatic heterocycles. The number of unbranched alkanes of at least 4 members (excludes halogenated alkanes) is 9. The smallest absolute Gasteiger partial charge is 0.264 e. The number of hydrogen-bond donors (Lipinski definition) is 1. The molecule has 0 spiro atoms. The Labute approximate surface area is 200 Å². The molecule has 2 aromatic carbocycles. The molecule has 0 bridgehead atoms. The van der Waals surface area contributed by atoms with Crippen molar-refractivity contribution in [1.82, 2.24) is 0 Å². The summed E-state index contributed by atoms with van der Waals surface area (Å²) in [6.07, 6.45) is 13.5. The van der Waals surface area contributed by atoms with Gasteiger partial charge in [-0.05, 0) is 48.2 Å². The molecule has 0 heterocycles. The quantitative estimate of drug-likeness (QED) is 0.180. The second-order valence-corrected chi connectivity index (χ2v) is 10.1. The molecule has 0 atom stereocenters. The Bertz CT molecular complexity index is 860. The molecule has 0 unspecified atom stereocenters. The summed E-state index contributed by atoms with van der Waals surface area (Å²) in [6, 6.07) is 15.8. The summed E-state index contributed by atoms with van der Waals surface area (Å²) < 4.78 is 41.6. The van der Waals surface area contributed by atoms with E-state index in [0.717, 1.165) is 29.9 Å². The average molecular weight is 477 g/mol. The van der Waals surface area contributed by atoms with E-state index in [4.69, 9.17) is 14.0 Å². The highest BCUT2D eigenvalue weighted by Crippen LogP contribution is 2.25. The number of rotatable bonds is 18. The van der Waals surface area contributed by atoms with Crippen LogP contribution in [0.2, 0.25) is 0 Å². The summed E-state index contributed by atoms with van der Waals surface area (Å²) in [6.45, 7) is 3.26. The van der Waals surface area contributed by atoms with Crippen LogP contribution in [0.4, 0.5) is 0 Å². The maximum atomic E-state index is 10.7. The second kappa shape index (κ2) is 15.7. The summed E-state index contributed by atoms with van der Waals surface area (Å²) in [5, 5.41) is 0. The SMILES string of the molecule is CCCCCCCCCCCCOc1ccc(-c2ccc(OCCCS(=O)(=O)O)cc2)cc1. The topological polar surface area (TPSA) is 72.8 Å². The van der Waals surface area contributed by atoms with Crippen LogP contribution in [0.5, 0.6) is 11.5 Å². The van der Waals surface area contributed by atoms with Gasteiger partial charge in [-0.3, -0.25) is 4.55 Å². The summed E-state index contributed by atoms with van der Waals surface area (Å²) in [5.41, 5.74) is 2.17. The van der Waals surface area contributed by atoms with Crippen LogP contribution in [0.15, 0.2) is 48.5 Å². The molecule has 0 amide bonds. The third-order valence-corrected chi connectivity index (χ3v) is 6.43. The largest absolute Gasteiger partial charge is 0.494 e. The Morgan fingerprint density at radius 2 is 1.00 bits per heavy atom. The van der Waals surface area contributed by atoms with Crippen molar-refractivity contribution in [2.24, 2.45) is 0 Å². The predicted octanol–water partition coefficient (Wildman–Crippen LogP) is 7.31. The van der Waals surface area contributed by atoms with Crippen molar-refractivity contribution in [1.29, 1.82) is 0 Å². The first-order valence-corrected chi connectivity index (χ1v) is 14.0. The van der Waals surface area contributed by atoms with Crippen LogP contribution >= 0.6 is 0 Å². The molecule has 6 heteroatoms. The molecular formula is C27H40O5S. The lowest BCUT2D eigenvalue weighted by Gasteiger charge is -2.09. The van der Waals surface area contributed by atoms with E-state index >= 15 is 0 Å². The van der Waals surface area contributed by atoms with Gasteiger partial charge >= 0.3 is 0 Å². The molecule has 0 aliphatic carbocycles. The molecular weight excluding hydrogens is 436 g/mol. The van der Waals surface area contributed by atoms with E-state index in [9.17, 15) is 8.42 Å². The summed E-state index contributed by atoms with van der Waals surface area (Å²) in [7, 11) is -3.93. The molecule has 184 valence electrons. The van der Waals surface area contributed by atoms with Gasteiger partial charge in [-0.15, -0.1) is 0 Å². The van der Waals surface area contributed by atoms with E-state index in [-0.39, 0.29) is 18.8 Å². The molecule has 0 saturated carbocycles. The molecule has 2 rings (SSSR count). The fourth-order valence-corrected chi connectivity index (χ4v) is 4.18. The highest BCUT2D eigenvalue weighted by atomic mass is 32.2. The maximum absolute atomic E-state index is 10.7. The van der Waals surface area contributed by atoms with Crippen LogP contribution in [0.3, 0.4) is 0 Å². The highest BCUT2D eigenvalue weighted by molar-refractivity contribution is 7.85. The predicted molar refractivity (Wildman–Crippen MR) is 136 cm³/mol. The third-order valence-electron chi connectivity index (χ3n) is 5.62. The van der Waals surface area contributed by atoms with Crippen molar-refractivity contribution in [3.8, 4) is 22.6 Å². The van der Waals surface area contributed by atoms with Crippen LogP contribution in [-0.2, 0) is 10.1 Å². The van der Waals surface area contributed by atoms with Gasteiger partial charge in [0.15, 0.2) is 0 Å². The van der Waals surface area contributed by atoms with E-state index < -0.39 is 10.1 Å². The molecule has 0 radical (unpaired) electrons. The van der Waals surface area contributed by atoms with Crippen molar-refractivity contribution < 1.29 is 22.4 Å². The zero-order valence-corrected chi connectivity index (χ0v) is 20.8. The van der Waals surface area contributed by atoms with Gasteiger partial charge in [-0.1, -0.05) is 89.0 Å². The first-order chi connectivity index (χ1) is 16.0. The Morgan fingerprint density at radius 1 is 0.606 bits per heavy atom. The van der Waals surface area contributed by atoms with Gasteiger partial charge in [0.25, 0.3) is 10.1 Å². The monoisotopic (exact) mass is 476 g/mol. The second-order valence-electron chi connectivity index (χ2n) is 8.57. The van der Waals surface area contributed by atoms with Crippen LogP contribution in [0.25, 0.3) is 11.1 Å². The minimum Gasteiger partial charge on any atom is -0.494 e. The highest BCUT2D eigenvalue weighted by Gasteiger charge is 2.05. The van der Waals surface area contributed by atoms with Crippen LogP contribution in [-0.4, -0.2) is 31.9 Å². The van der Waals surface area contributed by atoms with Crippen LogP contribution < -0.4 is 9.47 Å². The molecule has 0 aliphatic rings. The van der Waals surface area contributed by atoms with Gasteiger partial charge in [0, 0.05) is 0 Å².